The average Bonchev–Trinajstić information content (AvgIpc) is 2.90. The summed E-state index contributed by atoms with van der Waals surface area (Å²) >= 11 is 0. The minimum absolute atomic E-state index is 0.0360. The zero-order chi connectivity index (χ0) is 18.4. The predicted molar refractivity (Wildman–Crippen MR) is 82.7 cm³/mol. The van der Waals surface area contributed by atoms with E-state index < -0.39 is 53.7 Å². The van der Waals surface area contributed by atoms with Crippen LogP contribution in [0.4, 0.5) is 26.3 Å². The van der Waals surface area contributed by atoms with Crippen LogP contribution in [0.3, 0.4) is 0 Å². The normalized spacial score (nSPS) is 34.6. The molecule has 25 heavy (non-hydrogen) atoms. The van der Waals surface area contributed by atoms with Gasteiger partial charge in [-0.15, -0.1) is 0 Å². The second kappa shape index (κ2) is 6.84. The molecule has 5 atom stereocenters. The molecule has 2 saturated carbocycles. The van der Waals surface area contributed by atoms with E-state index in [0.717, 1.165) is 12.8 Å². The monoisotopic (exact) mass is 364 g/mol. The largest absolute Gasteiger partial charge is 0.251 e. The molecule has 2 fully saturated rings. The van der Waals surface area contributed by atoms with E-state index in [1.54, 1.807) is 0 Å². The maximum atomic E-state index is 14.8. The fraction of sp³-hybridized carbons (Fsp3) is 0.684. The zero-order valence-electron chi connectivity index (χ0n) is 14.1. The van der Waals surface area contributed by atoms with Gasteiger partial charge in [-0.25, -0.2) is 26.3 Å². The number of halogens is 6. The molecule has 1 aromatic carbocycles. The number of rotatable bonds is 3. The van der Waals surface area contributed by atoms with Crippen molar-refractivity contribution >= 4 is 0 Å². The van der Waals surface area contributed by atoms with Crippen molar-refractivity contribution in [2.75, 3.05) is 0 Å². The van der Waals surface area contributed by atoms with Crippen LogP contribution in [0.25, 0.3) is 0 Å². The summed E-state index contributed by atoms with van der Waals surface area (Å²) in [5, 5.41) is 0. The van der Waals surface area contributed by atoms with Crippen molar-refractivity contribution < 1.29 is 26.3 Å². The summed E-state index contributed by atoms with van der Waals surface area (Å²) in [7, 11) is 0. The third-order valence-electron chi connectivity index (χ3n) is 5.92. The van der Waals surface area contributed by atoms with Crippen LogP contribution < -0.4 is 0 Å². The van der Waals surface area contributed by atoms with E-state index in [-0.39, 0.29) is 17.9 Å². The van der Waals surface area contributed by atoms with Gasteiger partial charge in [-0.3, -0.25) is 0 Å². The van der Waals surface area contributed by atoms with Gasteiger partial charge in [0.15, 0.2) is 17.5 Å². The Bertz CT molecular complexity index is 605. The highest BCUT2D eigenvalue weighted by atomic mass is 19.3. The first-order chi connectivity index (χ1) is 11.7. The minimum Gasteiger partial charge on any atom is -0.247 e. The summed E-state index contributed by atoms with van der Waals surface area (Å²) < 4.78 is 84.4. The molecule has 0 aliphatic heterocycles. The standard InChI is InChI=1S/C19H22F6/c1-2-3-10-4-12-8-15(20)13(9-19(24,25)14(12)5-10)11-6-16(21)18(23)17(22)7-11/h6-7,10,12-15H,2-5,8-9H2,1H3. The Morgan fingerprint density at radius 1 is 1.04 bits per heavy atom. The first-order valence-electron chi connectivity index (χ1n) is 8.89. The highest BCUT2D eigenvalue weighted by molar-refractivity contribution is 5.25. The lowest BCUT2D eigenvalue weighted by molar-refractivity contribution is -0.0768. The number of fused-ring (bicyclic) bond motifs is 1. The molecule has 140 valence electrons. The van der Waals surface area contributed by atoms with Gasteiger partial charge in [-0.05, 0) is 48.8 Å². The Kier molecular flexibility index (Phi) is 5.09. The van der Waals surface area contributed by atoms with Crippen LogP contribution in [0.2, 0.25) is 0 Å². The van der Waals surface area contributed by atoms with Crippen molar-refractivity contribution in [1.29, 1.82) is 0 Å². The van der Waals surface area contributed by atoms with Gasteiger partial charge in [0.1, 0.15) is 6.17 Å². The third kappa shape index (κ3) is 3.54. The van der Waals surface area contributed by atoms with Gasteiger partial charge in [0, 0.05) is 18.3 Å². The first kappa shape index (κ1) is 18.6. The quantitative estimate of drug-likeness (QED) is 0.430. The van der Waals surface area contributed by atoms with Crippen LogP contribution in [0, 0.1) is 35.2 Å². The van der Waals surface area contributed by atoms with E-state index in [0.29, 0.717) is 25.0 Å². The second-order valence-corrected chi connectivity index (χ2v) is 7.61. The molecule has 0 amide bonds. The van der Waals surface area contributed by atoms with Gasteiger partial charge in [-0.2, -0.15) is 0 Å². The smallest absolute Gasteiger partial charge is 0.247 e. The van der Waals surface area contributed by atoms with Gasteiger partial charge in [-0.1, -0.05) is 19.8 Å². The molecule has 3 rings (SSSR count). The van der Waals surface area contributed by atoms with Crippen LogP contribution in [-0.4, -0.2) is 12.1 Å². The molecule has 0 aromatic heterocycles. The van der Waals surface area contributed by atoms with Crippen LogP contribution in [0.1, 0.15) is 56.9 Å². The summed E-state index contributed by atoms with van der Waals surface area (Å²) in [5.41, 5.74) is -0.228. The lowest BCUT2D eigenvalue weighted by atomic mass is 9.86. The molecule has 5 unspecified atom stereocenters. The lowest BCUT2D eigenvalue weighted by Gasteiger charge is -2.27. The van der Waals surface area contributed by atoms with Crippen molar-refractivity contribution in [3.05, 3.63) is 35.1 Å². The Balaban J connectivity index is 1.88. The second-order valence-electron chi connectivity index (χ2n) is 7.61. The van der Waals surface area contributed by atoms with Crippen LogP contribution in [0.5, 0.6) is 0 Å². The summed E-state index contributed by atoms with van der Waals surface area (Å²) in [6, 6.07) is 1.29. The fourth-order valence-corrected chi connectivity index (χ4v) is 4.80. The number of hydrogen-bond acceptors (Lipinski definition) is 0. The Hall–Kier alpha value is -1.20. The van der Waals surface area contributed by atoms with Crippen molar-refractivity contribution in [1.82, 2.24) is 0 Å². The number of alkyl halides is 3. The average molecular weight is 364 g/mol. The van der Waals surface area contributed by atoms with Crippen molar-refractivity contribution in [3.8, 4) is 0 Å². The van der Waals surface area contributed by atoms with Gasteiger partial charge < -0.3 is 0 Å². The maximum Gasteiger partial charge on any atom is 0.251 e. The Labute approximate surface area is 143 Å². The molecule has 6 heteroatoms. The summed E-state index contributed by atoms with van der Waals surface area (Å²) in [6.45, 7) is 2.00. The fourth-order valence-electron chi connectivity index (χ4n) is 4.80. The highest BCUT2D eigenvalue weighted by Crippen LogP contribution is 2.55. The molecule has 0 nitrogen and oxygen atoms in total. The Morgan fingerprint density at radius 2 is 1.68 bits per heavy atom. The Morgan fingerprint density at radius 3 is 2.28 bits per heavy atom. The third-order valence-corrected chi connectivity index (χ3v) is 5.92. The zero-order valence-corrected chi connectivity index (χ0v) is 14.1. The molecule has 1 aromatic rings. The maximum absolute atomic E-state index is 14.8. The van der Waals surface area contributed by atoms with E-state index in [1.807, 2.05) is 6.92 Å². The van der Waals surface area contributed by atoms with E-state index in [4.69, 9.17) is 0 Å². The van der Waals surface area contributed by atoms with Gasteiger partial charge in [0.2, 0.25) is 0 Å². The predicted octanol–water partition coefficient (Wildman–Crippen LogP) is 6.40. The molecule has 0 bridgehead atoms. The molecule has 0 N–H and O–H groups in total. The minimum atomic E-state index is -3.10. The van der Waals surface area contributed by atoms with Crippen LogP contribution in [0.15, 0.2) is 12.1 Å². The van der Waals surface area contributed by atoms with Crippen LogP contribution >= 0.6 is 0 Å². The summed E-state index contributed by atoms with van der Waals surface area (Å²) in [5.74, 6) is -10.1. The van der Waals surface area contributed by atoms with Crippen molar-refractivity contribution in [2.24, 2.45) is 17.8 Å². The molecule has 2 aliphatic carbocycles. The van der Waals surface area contributed by atoms with Gasteiger partial charge >= 0.3 is 0 Å². The highest BCUT2D eigenvalue weighted by Gasteiger charge is 2.54. The van der Waals surface area contributed by atoms with E-state index in [2.05, 4.69) is 0 Å². The van der Waals surface area contributed by atoms with E-state index in [1.165, 1.54) is 0 Å². The number of benzene rings is 1. The van der Waals surface area contributed by atoms with Crippen molar-refractivity contribution in [3.63, 3.8) is 0 Å². The first-order valence-corrected chi connectivity index (χ1v) is 8.89. The molecular weight excluding hydrogens is 342 g/mol. The molecular formula is C19H22F6. The molecule has 0 heterocycles. The molecule has 0 radical (unpaired) electrons. The summed E-state index contributed by atoms with van der Waals surface area (Å²) in [4.78, 5) is 0. The topological polar surface area (TPSA) is 0 Å². The summed E-state index contributed by atoms with van der Waals surface area (Å²) in [6.07, 6.45) is 0.267. The van der Waals surface area contributed by atoms with Crippen LogP contribution in [-0.2, 0) is 0 Å². The number of hydrogen-bond donors (Lipinski definition) is 0. The van der Waals surface area contributed by atoms with E-state index >= 15 is 0 Å². The van der Waals surface area contributed by atoms with Crippen molar-refractivity contribution in [2.45, 2.75) is 63.5 Å². The lowest BCUT2D eigenvalue weighted by Crippen LogP contribution is -2.30. The van der Waals surface area contributed by atoms with Gasteiger partial charge in [0.25, 0.3) is 5.92 Å². The van der Waals surface area contributed by atoms with Gasteiger partial charge in [0.05, 0.1) is 0 Å². The van der Waals surface area contributed by atoms with E-state index in [9.17, 15) is 26.3 Å². The SMILES string of the molecule is CCCC1CC2CC(F)C(c3cc(F)c(F)c(F)c3)CC(F)(F)C2C1. The molecule has 0 spiro atoms. The molecule has 2 aliphatic rings. The molecule has 0 saturated heterocycles.